The summed E-state index contributed by atoms with van der Waals surface area (Å²) in [5.41, 5.74) is 1.71. The smallest absolute Gasteiger partial charge is 0.338 e. The van der Waals surface area contributed by atoms with Gasteiger partial charge in [0.2, 0.25) is 10.0 Å². The SMILES string of the molecule is CCN(c1ccc(NC(=O)COC(=O)c2cccc(S(=O)(=O)NC3CC3)c2)cc1)C(C)C. The third-order valence-corrected chi connectivity index (χ3v) is 6.58. The van der Waals surface area contributed by atoms with Crippen LogP contribution in [-0.2, 0) is 19.6 Å². The van der Waals surface area contributed by atoms with Gasteiger partial charge in [-0.05, 0) is 76.1 Å². The van der Waals surface area contributed by atoms with Gasteiger partial charge in [0.05, 0.1) is 10.5 Å². The number of sulfonamides is 1. The Hall–Kier alpha value is -2.91. The van der Waals surface area contributed by atoms with Crippen molar-refractivity contribution in [1.82, 2.24) is 4.72 Å². The van der Waals surface area contributed by atoms with Gasteiger partial charge in [0.15, 0.2) is 6.61 Å². The summed E-state index contributed by atoms with van der Waals surface area (Å²) in [4.78, 5) is 26.7. The highest BCUT2D eigenvalue weighted by molar-refractivity contribution is 7.89. The zero-order valence-corrected chi connectivity index (χ0v) is 19.3. The van der Waals surface area contributed by atoms with E-state index in [9.17, 15) is 18.0 Å². The summed E-state index contributed by atoms with van der Waals surface area (Å²) in [6.45, 7) is 6.70. The van der Waals surface area contributed by atoms with E-state index in [2.05, 4.69) is 35.7 Å². The molecule has 0 heterocycles. The number of ether oxygens (including phenoxy) is 1. The Bertz CT molecular complexity index is 1060. The van der Waals surface area contributed by atoms with Crippen LogP contribution in [0.5, 0.6) is 0 Å². The Kier molecular flexibility index (Phi) is 7.52. The van der Waals surface area contributed by atoms with Crippen molar-refractivity contribution in [2.75, 3.05) is 23.4 Å². The molecule has 1 amide bonds. The highest BCUT2D eigenvalue weighted by Gasteiger charge is 2.28. The molecule has 32 heavy (non-hydrogen) atoms. The molecule has 3 rings (SSSR count). The van der Waals surface area contributed by atoms with Gasteiger partial charge in [-0.3, -0.25) is 4.79 Å². The first-order chi connectivity index (χ1) is 15.2. The number of hydrogen-bond acceptors (Lipinski definition) is 6. The molecule has 1 aliphatic rings. The molecule has 0 bridgehead atoms. The molecule has 0 radical (unpaired) electrons. The average Bonchev–Trinajstić information content (AvgIpc) is 3.57. The van der Waals surface area contributed by atoms with Crippen molar-refractivity contribution in [3.8, 4) is 0 Å². The first kappa shape index (κ1) is 23.7. The lowest BCUT2D eigenvalue weighted by Gasteiger charge is -2.27. The predicted molar refractivity (Wildman–Crippen MR) is 123 cm³/mol. The van der Waals surface area contributed by atoms with Crippen molar-refractivity contribution < 1.29 is 22.7 Å². The zero-order valence-electron chi connectivity index (χ0n) is 18.5. The number of esters is 1. The van der Waals surface area contributed by atoms with E-state index in [0.29, 0.717) is 11.7 Å². The van der Waals surface area contributed by atoms with Crippen LogP contribution < -0.4 is 14.9 Å². The summed E-state index contributed by atoms with van der Waals surface area (Å²) < 4.78 is 32.3. The second-order valence-electron chi connectivity index (χ2n) is 7.97. The van der Waals surface area contributed by atoms with Crippen molar-refractivity contribution in [2.24, 2.45) is 0 Å². The lowest BCUT2D eigenvalue weighted by atomic mass is 10.2. The fourth-order valence-electron chi connectivity index (χ4n) is 3.27. The molecule has 0 aliphatic heterocycles. The van der Waals surface area contributed by atoms with E-state index in [1.807, 2.05) is 12.1 Å². The van der Waals surface area contributed by atoms with Crippen molar-refractivity contribution in [3.05, 3.63) is 54.1 Å². The quantitative estimate of drug-likeness (QED) is 0.529. The molecule has 0 unspecified atom stereocenters. The lowest BCUT2D eigenvalue weighted by molar-refractivity contribution is -0.119. The van der Waals surface area contributed by atoms with E-state index in [0.717, 1.165) is 25.1 Å². The van der Waals surface area contributed by atoms with E-state index in [1.165, 1.54) is 24.3 Å². The number of hydrogen-bond donors (Lipinski definition) is 2. The van der Waals surface area contributed by atoms with Gasteiger partial charge in [0.25, 0.3) is 5.91 Å². The Morgan fingerprint density at radius 2 is 1.81 bits per heavy atom. The van der Waals surface area contributed by atoms with Gasteiger partial charge >= 0.3 is 5.97 Å². The standard InChI is InChI=1S/C23H29N3O5S/c1-4-26(16(2)3)20-12-10-18(11-13-20)24-22(27)15-31-23(28)17-6-5-7-21(14-17)32(29,30)25-19-8-9-19/h5-7,10-14,16,19,25H,4,8-9,15H2,1-3H3,(H,24,27). The van der Waals surface area contributed by atoms with E-state index in [-0.39, 0.29) is 16.5 Å². The van der Waals surface area contributed by atoms with Crippen molar-refractivity contribution >= 4 is 33.3 Å². The number of carbonyl (C=O) groups excluding carboxylic acids is 2. The highest BCUT2D eigenvalue weighted by Crippen LogP contribution is 2.23. The monoisotopic (exact) mass is 459 g/mol. The molecular formula is C23H29N3O5S. The molecule has 1 saturated carbocycles. The summed E-state index contributed by atoms with van der Waals surface area (Å²) in [7, 11) is -3.68. The molecule has 0 aromatic heterocycles. The van der Waals surface area contributed by atoms with Gasteiger partial charge in [-0.1, -0.05) is 6.07 Å². The average molecular weight is 460 g/mol. The molecule has 2 aromatic rings. The first-order valence-corrected chi connectivity index (χ1v) is 12.1. The van der Waals surface area contributed by atoms with E-state index < -0.39 is 28.5 Å². The zero-order chi connectivity index (χ0) is 23.3. The van der Waals surface area contributed by atoms with E-state index >= 15 is 0 Å². The topological polar surface area (TPSA) is 105 Å². The molecule has 0 spiro atoms. The number of anilines is 2. The number of amides is 1. The van der Waals surface area contributed by atoms with Crippen molar-refractivity contribution in [2.45, 2.75) is 50.6 Å². The largest absolute Gasteiger partial charge is 0.452 e. The highest BCUT2D eigenvalue weighted by atomic mass is 32.2. The maximum Gasteiger partial charge on any atom is 0.338 e. The van der Waals surface area contributed by atoms with E-state index in [4.69, 9.17) is 4.74 Å². The molecule has 0 atom stereocenters. The minimum absolute atomic E-state index is 0.00841. The Morgan fingerprint density at radius 1 is 1.12 bits per heavy atom. The second-order valence-corrected chi connectivity index (χ2v) is 9.69. The number of carbonyl (C=O) groups is 2. The van der Waals surface area contributed by atoms with Gasteiger partial charge in [-0.15, -0.1) is 0 Å². The van der Waals surface area contributed by atoms with Crippen LogP contribution in [0, 0.1) is 0 Å². The van der Waals surface area contributed by atoms with Crippen LogP contribution in [0.15, 0.2) is 53.4 Å². The van der Waals surface area contributed by atoms with Gasteiger partial charge in [-0.2, -0.15) is 0 Å². The lowest BCUT2D eigenvalue weighted by Crippen LogP contribution is -2.30. The molecule has 9 heteroatoms. The minimum atomic E-state index is -3.68. The molecule has 0 saturated heterocycles. The van der Waals surface area contributed by atoms with Gasteiger partial charge in [0.1, 0.15) is 0 Å². The number of benzene rings is 2. The number of nitrogens with zero attached hydrogens (tertiary/aromatic N) is 1. The minimum Gasteiger partial charge on any atom is -0.452 e. The van der Waals surface area contributed by atoms with Crippen LogP contribution in [0.1, 0.15) is 44.0 Å². The molecule has 1 aliphatic carbocycles. The van der Waals surface area contributed by atoms with Crippen LogP contribution >= 0.6 is 0 Å². The number of nitrogens with one attached hydrogen (secondary N) is 2. The Labute approximate surface area is 189 Å². The normalized spacial score (nSPS) is 13.6. The van der Waals surface area contributed by atoms with Gasteiger partial charge in [0, 0.05) is 30.0 Å². The van der Waals surface area contributed by atoms with Crippen molar-refractivity contribution in [3.63, 3.8) is 0 Å². The predicted octanol–water partition coefficient (Wildman–Crippen LogP) is 3.16. The van der Waals surface area contributed by atoms with Crippen LogP contribution in [0.2, 0.25) is 0 Å². The van der Waals surface area contributed by atoms with Crippen LogP contribution in [0.25, 0.3) is 0 Å². The maximum absolute atomic E-state index is 12.3. The summed E-state index contributed by atoms with van der Waals surface area (Å²) in [5.74, 6) is -1.25. The Morgan fingerprint density at radius 3 is 2.41 bits per heavy atom. The molecule has 8 nitrogen and oxygen atoms in total. The van der Waals surface area contributed by atoms with Crippen LogP contribution in [0.4, 0.5) is 11.4 Å². The van der Waals surface area contributed by atoms with Gasteiger partial charge < -0.3 is 15.0 Å². The first-order valence-electron chi connectivity index (χ1n) is 10.7. The van der Waals surface area contributed by atoms with Gasteiger partial charge in [-0.25, -0.2) is 17.9 Å². The molecular weight excluding hydrogens is 430 g/mol. The van der Waals surface area contributed by atoms with Crippen molar-refractivity contribution in [1.29, 1.82) is 0 Å². The van der Waals surface area contributed by atoms with Crippen LogP contribution in [-0.4, -0.2) is 45.5 Å². The molecule has 1 fully saturated rings. The fraction of sp³-hybridized carbons (Fsp3) is 0.391. The van der Waals surface area contributed by atoms with Crippen LogP contribution in [0.3, 0.4) is 0 Å². The Balaban J connectivity index is 1.55. The second kappa shape index (κ2) is 10.1. The molecule has 172 valence electrons. The third kappa shape index (κ3) is 6.30. The maximum atomic E-state index is 12.3. The van der Waals surface area contributed by atoms with E-state index in [1.54, 1.807) is 12.1 Å². The molecule has 2 N–H and O–H groups in total. The summed E-state index contributed by atoms with van der Waals surface area (Å²) in [6, 6.07) is 13.3. The number of rotatable bonds is 10. The summed E-state index contributed by atoms with van der Waals surface area (Å²) in [6.07, 6.45) is 1.63. The molecule has 2 aromatic carbocycles. The summed E-state index contributed by atoms with van der Waals surface area (Å²) in [5, 5.41) is 2.69. The summed E-state index contributed by atoms with van der Waals surface area (Å²) >= 11 is 0. The fourth-order valence-corrected chi connectivity index (χ4v) is 4.62. The third-order valence-electron chi connectivity index (χ3n) is 5.06.